The molecule has 3 rings (SSSR count). The molecule has 9 nitrogen and oxygen atoms in total. The number of non-ortho nitro benzene ring substituents is 1. The topological polar surface area (TPSA) is 111 Å². The van der Waals surface area contributed by atoms with Gasteiger partial charge in [-0.25, -0.2) is 0 Å². The Bertz CT molecular complexity index is 1060. The van der Waals surface area contributed by atoms with E-state index in [-0.39, 0.29) is 38.5 Å². The summed E-state index contributed by atoms with van der Waals surface area (Å²) < 4.78 is 11.0. The molecule has 2 aromatic rings. The second-order valence-corrected chi connectivity index (χ2v) is 6.79. The first-order chi connectivity index (χ1) is 13.7. The van der Waals surface area contributed by atoms with Crippen molar-refractivity contribution in [2.45, 2.75) is 20.1 Å². The molecule has 0 saturated carbocycles. The first-order valence-electron chi connectivity index (χ1n) is 8.14. The second-order valence-electron chi connectivity index (χ2n) is 5.95. The van der Waals surface area contributed by atoms with Gasteiger partial charge in [0.2, 0.25) is 18.0 Å². The number of nitrogens with zero attached hydrogens (tertiary/aromatic N) is 3. The number of amides is 1. The standard InChI is InChI=1S/C18H13Cl2N3O6/c1-9(24)22-18(14-7-12(19)8-15(20)16(14)28-10(2)25)29-17(21-22)11-4-3-5-13(6-11)23(26)27/h3-8,18H,1-2H3/t18-/m0/s1. The third-order valence-corrected chi connectivity index (χ3v) is 4.32. The zero-order valence-electron chi connectivity index (χ0n) is 15.1. The maximum atomic E-state index is 12.1. The number of nitro benzene ring substituents is 1. The Hall–Kier alpha value is -3.17. The maximum absolute atomic E-state index is 12.1. The minimum Gasteiger partial charge on any atom is -0.446 e. The van der Waals surface area contributed by atoms with Gasteiger partial charge in [0, 0.05) is 36.6 Å². The Morgan fingerprint density at radius 3 is 2.59 bits per heavy atom. The Labute approximate surface area is 174 Å². The minimum absolute atomic E-state index is 0.0289. The molecule has 11 heteroatoms. The van der Waals surface area contributed by atoms with Crippen LogP contribution in [0.5, 0.6) is 5.75 Å². The summed E-state index contributed by atoms with van der Waals surface area (Å²) in [7, 11) is 0. The number of carbonyl (C=O) groups is 2. The highest BCUT2D eigenvalue weighted by Crippen LogP contribution is 2.41. The van der Waals surface area contributed by atoms with Crippen molar-refractivity contribution < 1.29 is 24.0 Å². The molecular weight excluding hydrogens is 425 g/mol. The molecule has 0 aliphatic carbocycles. The molecule has 0 unspecified atom stereocenters. The number of hydrogen-bond donors (Lipinski definition) is 0. The van der Waals surface area contributed by atoms with Crippen LogP contribution in [0.3, 0.4) is 0 Å². The number of esters is 1. The van der Waals surface area contributed by atoms with E-state index in [1.807, 2.05) is 0 Å². The first kappa shape index (κ1) is 20.6. The number of hydrazone groups is 1. The molecule has 0 fully saturated rings. The van der Waals surface area contributed by atoms with Gasteiger partial charge in [0.05, 0.1) is 15.5 Å². The molecule has 1 heterocycles. The van der Waals surface area contributed by atoms with Crippen molar-refractivity contribution in [1.82, 2.24) is 5.01 Å². The van der Waals surface area contributed by atoms with Gasteiger partial charge in [-0.15, -0.1) is 5.10 Å². The van der Waals surface area contributed by atoms with Crippen LogP contribution >= 0.6 is 23.2 Å². The molecule has 0 bridgehead atoms. The average Bonchev–Trinajstić information content (AvgIpc) is 3.09. The van der Waals surface area contributed by atoms with Crippen LogP contribution in [-0.2, 0) is 14.3 Å². The maximum Gasteiger partial charge on any atom is 0.308 e. The Balaban J connectivity index is 2.06. The molecule has 1 aliphatic rings. The van der Waals surface area contributed by atoms with Crippen molar-refractivity contribution in [3.05, 3.63) is 67.7 Å². The van der Waals surface area contributed by atoms with Crippen molar-refractivity contribution in [3.8, 4) is 5.75 Å². The van der Waals surface area contributed by atoms with Gasteiger partial charge in [0.1, 0.15) is 0 Å². The van der Waals surface area contributed by atoms with E-state index in [0.29, 0.717) is 0 Å². The van der Waals surface area contributed by atoms with Crippen molar-refractivity contribution in [2.75, 3.05) is 0 Å². The highest BCUT2D eigenvalue weighted by atomic mass is 35.5. The van der Waals surface area contributed by atoms with Crippen LogP contribution in [0.2, 0.25) is 10.0 Å². The summed E-state index contributed by atoms with van der Waals surface area (Å²) in [5.74, 6) is -1.18. The third-order valence-electron chi connectivity index (χ3n) is 3.82. The Kier molecular flexibility index (Phi) is 5.71. The van der Waals surface area contributed by atoms with Crippen LogP contribution in [0.4, 0.5) is 5.69 Å². The zero-order chi connectivity index (χ0) is 21.3. The summed E-state index contributed by atoms with van der Waals surface area (Å²) in [6.45, 7) is 2.45. The van der Waals surface area contributed by atoms with Gasteiger partial charge >= 0.3 is 5.97 Å². The lowest BCUT2D eigenvalue weighted by Gasteiger charge is -2.22. The molecule has 1 amide bonds. The quantitative estimate of drug-likeness (QED) is 0.308. The van der Waals surface area contributed by atoms with Crippen molar-refractivity contribution in [3.63, 3.8) is 0 Å². The first-order valence-corrected chi connectivity index (χ1v) is 8.90. The molecule has 29 heavy (non-hydrogen) atoms. The molecule has 2 aromatic carbocycles. The molecule has 1 atom stereocenters. The summed E-state index contributed by atoms with van der Waals surface area (Å²) in [5, 5.41) is 16.4. The molecule has 0 aromatic heterocycles. The number of nitro groups is 1. The van der Waals surface area contributed by atoms with Crippen LogP contribution in [0.25, 0.3) is 0 Å². The fraction of sp³-hybridized carbons (Fsp3) is 0.167. The van der Waals surface area contributed by atoms with Gasteiger partial charge in [0.15, 0.2) is 5.75 Å². The number of hydrogen-bond acceptors (Lipinski definition) is 7. The molecule has 0 saturated heterocycles. The molecule has 150 valence electrons. The summed E-state index contributed by atoms with van der Waals surface area (Å²) >= 11 is 12.2. The highest BCUT2D eigenvalue weighted by molar-refractivity contribution is 6.35. The van der Waals surface area contributed by atoms with Crippen molar-refractivity contribution in [2.24, 2.45) is 5.10 Å². The molecule has 1 aliphatic heterocycles. The van der Waals surface area contributed by atoms with Gasteiger partial charge in [-0.05, 0) is 18.2 Å². The van der Waals surface area contributed by atoms with Gasteiger partial charge in [-0.1, -0.05) is 29.3 Å². The smallest absolute Gasteiger partial charge is 0.308 e. The Morgan fingerprint density at radius 2 is 1.97 bits per heavy atom. The lowest BCUT2D eigenvalue weighted by molar-refractivity contribution is -0.384. The van der Waals surface area contributed by atoms with Crippen molar-refractivity contribution in [1.29, 1.82) is 0 Å². The number of rotatable bonds is 4. The summed E-state index contributed by atoms with van der Waals surface area (Å²) in [6, 6.07) is 8.39. The van der Waals surface area contributed by atoms with E-state index in [9.17, 15) is 19.7 Å². The number of carbonyl (C=O) groups excluding carboxylic acids is 2. The van der Waals surface area contributed by atoms with Crippen LogP contribution in [0.15, 0.2) is 41.5 Å². The predicted octanol–water partition coefficient (Wildman–Crippen LogP) is 4.07. The number of benzene rings is 2. The van der Waals surface area contributed by atoms with Crippen LogP contribution < -0.4 is 4.74 Å². The highest BCUT2D eigenvalue weighted by Gasteiger charge is 2.36. The van der Waals surface area contributed by atoms with E-state index >= 15 is 0 Å². The number of halogens is 2. The van der Waals surface area contributed by atoms with Crippen LogP contribution in [0.1, 0.15) is 31.2 Å². The largest absolute Gasteiger partial charge is 0.446 e. The summed E-state index contributed by atoms with van der Waals surface area (Å²) in [5.41, 5.74) is 0.310. The lowest BCUT2D eigenvalue weighted by atomic mass is 10.1. The molecule has 0 N–H and O–H groups in total. The summed E-state index contributed by atoms with van der Waals surface area (Å²) in [4.78, 5) is 34.1. The normalized spacial score (nSPS) is 15.5. The van der Waals surface area contributed by atoms with E-state index in [0.717, 1.165) is 5.01 Å². The van der Waals surface area contributed by atoms with Gasteiger partial charge in [0.25, 0.3) is 5.69 Å². The van der Waals surface area contributed by atoms with Crippen molar-refractivity contribution >= 4 is 46.7 Å². The van der Waals surface area contributed by atoms with Gasteiger partial charge in [-0.2, -0.15) is 5.01 Å². The predicted molar refractivity (Wildman–Crippen MR) is 104 cm³/mol. The zero-order valence-corrected chi connectivity index (χ0v) is 16.6. The fourth-order valence-electron chi connectivity index (χ4n) is 2.65. The summed E-state index contributed by atoms with van der Waals surface area (Å²) in [6.07, 6.45) is -1.15. The molecular formula is C18H13Cl2N3O6. The molecule has 0 spiro atoms. The SMILES string of the molecule is CC(=O)Oc1c(Cl)cc(Cl)cc1[C@@H]1OC(c2cccc([N+](=O)[O-])c2)=NN1C(C)=O. The van der Waals surface area contributed by atoms with E-state index in [2.05, 4.69) is 5.10 Å². The number of ether oxygens (including phenoxy) is 2. The van der Waals surface area contributed by atoms with E-state index in [1.54, 1.807) is 6.07 Å². The van der Waals surface area contributed by atoms with Gasteiger partial charge in [-0.3, -0.25) is 19.7 Å². The monoisotopic (exact) mass is 437 g/mol. The fourth-order valence-corrected chi connectivity index (χ4v) is 3.20. The van der Waals surface area contributed by atoms with E-state index in [4.69, 9.17) is 32.7 Å². The van der Waals surface area contributed by atoms with Gasteiger partial charge < -0.3 is 9.47 Å². The Morgan fingerprint density at radius 1 is 1.24 bits per heavy atom. The van der Waals surface area contributed by atoms with E-state index < -0.39 is 23.0 Å². The van der Waals surface area contributed by atoms with Crippen LogP contribution in [0, 0.1) is 10.1 Å². The minimum atomic E-state index is -1.15. The van der Waals surface area contributed by atoms with E-state index in [1.165, 1.54) is 44.2 Å². The average molecular weight is 438 g/mol. The lowest BCUT2D eigenvalue weighted by Crippen LogP contribution is -2.26. The van der Waals surface area contributed by atoms with Crippen LogP contribution in [-0.4, -0.2) is 27.7 Å². The second kappa shape index (κ2) is 8.06. The third kappa shape index (κ3) is 4.30. The molecule has 0 radical (unpaired) electrons.